The fraction of sp³-hybridized carbons (Fsp3) is 0.273. The third-order valence-corrected chi connectivity index (χ3v) is 3.86. The maximum absolute atomic E-state index is 9.04. The third-order valence-electron chi connectivity index (χ3n) is 2.24. The molecule has 0 aliphatic carbocycles. The summed E-state index contributed by atoms with van der Waals surface area (Å²) >= 11 is 7.40. The van der Waals surface area contributed by atoms with E-state index in [1.807, 2.05) is 26.0 Å². The lowest BCUT2D eigenvalue weighted by atomic mass is 9.94. The summed E-state index contributed by atoms with van der Waals surface area (Å²) in [4.78, 5) is 5.23. The van der Waals surface area contributed by atoms with Crippen molar-refractivity contribution in [1.82, 2.24) is 4.98 Å². The van der Waals surface area contributed by atoms with Crippen molar-refractivity contribution in [2.75, 3.05) is 0 Å². The van der Waals surface area contributed by atoms with Crippen LogP contribution in [0.1, 0.15) is 18.7 Å². The number of nitriles is 1. The minimum Gasteiger partial charge on any atom is -0.235 e. The number of nitrogens with zero attached hydrogens (tertiary/aromatic N) is 2. The second-order valence-corrected chi connectivity index (χ2v) is 5.34. The molecule has 0 aliphatic rings. The Hall–Kier alpha value is -1.11. The van der Waals surface area contributed by atoms with Gasteiger partial charge >= 0.3 is 0 Å². The smallest absolute Gasteiger partial charge is 0.129 e. The number of hydrogen-bond acceptors (Lipinski definition) is 3. The Morgan fingerprint density at radius 2 is 2.20 bits per heavy atom. The highest BCUT2D eigenvalue weighted by Crippen LogP contribution is 2.33. The Labute approximate surface area is 97.1 Å². The van der Waals surface area contributed by atoms with Gasteiger partial charge in [0.1, 0.15) is 5.15 Å². The first-order chi connectivity index (χ1) is 7.03. The van der Waals surface area contributed by atoms with Crippen molar-refractivity contribution in [3.63, 3.8) is 0 Å². The van der Waals surface area contributed by atoms with Crippen LogP contribution in [-0.2, 0) is 5.41 Å². The number of rotatable bonds is 1. The van der Waals surface area contributed by atoms with Crippen molar-refractivity contribution in [1.29, 1.82) is 5.26 Å². The molecule has 0 aliphatic heterocycles. The molecule has 76 valence electrons. The first kappa shape index (κ1) is 10.4. The van der Waals surface area contributed by atoms with E-state index in [4.69, 9.17) is 16.9 Å². The molecule has 2 aromatic rings. The molecule has 0 bridgehead atoms. The van der Waals surface area contributed by atoms with Crippen molar-refractivity contribution in [2.45, 2.75) is 19.3 Å². The maximum atomic E-state index is 9.04. The second-order valence-electron chi connectivity index (χ2n) is 3.86. The molecule has 0 unspecified atom stereocenters. The minimum absolute atomic E-state index is 0.460. The average molecular weight is 237 g/mol. The monoisotopic (exact) mass is 236 g/mol. The average Bonchev–Trinajstić information content (AvgIpc) is 2.61. The Morgan fingerprint density at radius 1 is 1.47 bits per heavy atom. The lowest BCUT2D eigenvalue weighted by Crippen LogP contribution is -2.10. The fourth-order valence-electron chi connectivity index (χ4n) is 1.26. The molecule has 2 heterocycles. The van der Waals surface area contributed by atoms with Gasteiger partial charge in [0.05, 0.1) is 21.7 Å². The van der Waals surface area contributed by atoms with Crippen LogP contribution in [0.15, 0.2) is 18.2 Å². The van der Waals surface area contributed by atoms with Crippen LogP contribution >= 0.6 is 22.9 Å². The zero-order valence-electron chi connectivity index (χ0n) is 8.41. The topological polar surface area (TPSA) is 36.7 Å². The molecule has 2 rings (SSSR count). The van der Waals surface area contributed by atoms with Crippen molar-refractivity contribution in [3.8, 4) is 6.07 Å². The van der Waals surface area contributed by atoms with Gasteiger partial charge < -0.3 is 0 Å². The SMILES string of the molecule is CC(C)(C#N)c1cc2nc(Cl)ccc2s1. The maximum Gasteiger partial charge on any atom is 0.129 e. The summed E-state index contributed by atoms with van der Waals surface area (Å²) in [6.45, 7) is 3.80. The molecule has 2 nitrogen and oxygen atoms in total. The normalized spacial score (nSPS) is 11.6. The van der Waals surface area contributed by atoms with E-state index in [1.165, 1.54) is 0 Å². The van der Waals surface area contributed by atoms with Crippen LogP contribution in [0.4, 0.5) is 0 Å². The predicted molar refractivity (Wildman–Crippen MR) is 63.3 cm³/mol. The molecule has 0 amide bonds. The Balaban J connectivity index is 2.63. The summed E-state index contributed by atoms with van der Waals surface area (Å²) in [6.07, 6.45) is 0. The summed E-state index contributed by atoms with van der Waals surface area (Å²) in [5.41, 5.74) is 0.406. The molecule has 0 radical (unpaired) electrons. The van der Waals surface area contributed by atoms with Gasteiger partial charge in [-0.05, 0) is 32.0 Å². The number of fused-ring (bicyclic) bond motifs is 1. The lowest BCUT2D eigenvalue weighted by molar-refractivity contribution is 0.704. The largest absolute Gasteiger partial charge is 0.235 e. The van der Waals surface area contributed by atoms with E-state index < -0.39 is 5.41 Å². The van der Waals surface area contributed by atoms with Crippen molar-refractivity contribution in [2.24, 2.45) is 0 Å². The van der Waals surface area contributed by atoms with Gasteiger partial charge in [-0.3, -0.25) is 0 Å². The van der Waals surface area contributed by atoms with Gasteiger partial charge in [0.15, 0.2) is 0 Å². The zero-order chi connectivity index (χ0) is 11.1. The van der Waals surface area contributed by atoms with Crippen LogP contribution < -0.4 is 0 Å². The van der Waals surface area contributed by atoms with Gasteiger partial charge in [-0.1, -0.05) is 11.6 Å². The van der Waals surface area contributed by atoms with Gasteiger partial charge in [0, 0.05) is 4.88 Å². The zero-order valence-corrected chi connectivity index (χ0v) is 9.99. The van der Waals surface area contributed by atoms with Crippen LogP contribution in [0.2, 0.25) is 5.15 Å². The highest BCUT2D eigenvalue weighted by atomic mass is 35.5. The third kappa shape index (κ3) is 1.83. The van der Waals surface area contributed by atoms with E-state index in [9.17, 15) is 0 Å². The molecule has 0 aromatic carbocycles. The number of aromatic nitrogens is 1. The summed E-state index contributed by atoms with van der Waals surface area (Å²) in [5, 5.41) is 9.53. The second kappa shape index (κ2) is 3.48. The molecular formula is C11H9ClN2S. The minimum atomic E-state index is -0.460. The van der Waals surface area contributed by atoms with Crippen molar-refractivity contribution in [3.05, 3.63) is 28.2 Å². The van der Waals surface area contributed by atoms with Crippen molar-refractivity contribution < 1.29 is 0 Å². The van der Waals surface area contributed by atoms with Crippen molar-refractivity contribution >= 4 is 33.2 Å². The lowest BCUT2D eigenvalue weighted by Gasteiger charge is -2.10. The van der Waals surface area contributed by atoms with Crippen LogP contribution in [0, 0.1) is 11.3 Å². The molecule has 4 heteroatoms. The van der Waals surface area contributed by atoms with E-state index in [1.54, 1.807) is 17.4 Å². The Morgan fingerprint density at radius 3 is 2.87 bits per heavy atom. The molecule has 2 aromatic heterocycles. The van der Waals surface area contributed by atoms with E-state index >= 15 is 0 Å². The fourth-order valence-corrected chi connectivity index (χ4v) is 2.47. The molecule has 0 saturated heterocycles. The van der Waals surface area contributed by atoms with Crippen LogP contribution in [0.3, 0.4) is 0 Å². The van der Waals surface area contributed by atoms with Gasteiger partial charge in [0.2, 0.25) is 0 Å². The predicted octanol–water partition coefficient (Wildman–Crippen LogP) is 3.75. The highest BCUT2D eigenvalue weighted by molar-refractivity contribution is 7.19. The highest BCUT2D eigenvalue weighted by Gasteiger charge is 2.22. The van der Waals surface area contributed by atoms with E-state index in [-0.39, 0.29) is 0 Å². The first-order valence-corrected chi connectivity index (χ1v) is 5.70. The van der Waals surface area contributed by atoms with E-state index in [0.717, 1.165) is 15.1 Å². The van der Waals surface area contributed by atoms with E-state index in [0.29, 0.717) is 5.15 Å². The number of pyridine rings is 1. The quantitative estimate of drug-likeness (QED) is 0.707. The molecular weight excluding hydrogens is 228 g/mol. The summed E-state index contributed by atoms with van der Waals surface area (Å²) in [7, 11) is 0. The molecule has 0 fully saturated rings. The molecule has 0 atom stereocenters. The van der Waals surface area contributed by atoms with Gasteiger partial charge in [-0.2, -0.15) is 5.26 Å². The first-order valence-electron chi connectivity index (χ1n) is 4.51. The van der Waals surface area contributed by atoms with Crippen LogP contribution in [0.5, 0.6) is 0 Å². The van der Waals surface area contributed by atoms with Gasteiger partial charge in [-0.15, -0.1) is 11.3 Å². The van der Waals surface area contributed by atoms with E-state index in [2.05, 4.69) is 11.1 Å². The van der Waals surface area contributed by atoms with Gasteiger partial charge in [0.25, 0.3) is 0 Å². The molecule has 15 heavy (non-hydrogen) atoms. The van der Waals surface area contributed by atoms with Crippen LogP contribution in [-0.4, -0.2) is 4.98 Å². The number of thiophene rings is 1. The summed E-state index contributed by atoms with van der Waals surface area (Å²) in [5.74, 6) is 0. The number of halogens is 1. The van der Waals surface area contributed by atoms with Crippen LogP contribution in [0.25, 0.3) is 10.2 Å². The summed E-state index contributed by atoms with van der Waals surface area (Å²) < 4.78 is 1.07. The van der Waals surface area contributed by atoms with Gasteiger partial charge in [-0.25, -0.2) is 4.98 Å². The Kier molecular flexibility index (Phi) is 2.41. The summed E-state index contributed by atoms with van der Waals surface area (Å²) in [6, 6.07) is 7.93. The Bertz CT molecular complexity index is 551. The molecule has 0 spiro atoms. The molecule has 0 saturated carbocycles. The standard InChI is InChI=1S/C11H9ClN2S/c1-11(2,6-13)9-5-7-8(15-9)3-4-10(12)14-7/h3-5H,1-2H3. The molecule has 0 N–H and O–H groups in total. The number of hydrogen-bond donors (Lipinski definition) is 0.